The van der Waals surface area contributed by atoms with Crippen LogP contribution < -0.4 is 4.74 Å². The van der Waals surface area contributed by atoms with E-state index in [4.69, 9.17) is 4.74 Å². The highest BCUT2D eigenvalue weighted by Gasteiger charge is 2.19. The van der Waals surface area contributed by atoms with Crippen molar-refractivity contribution in [1.82, 2.24) is 19.7 Å². The van der Waals surface area contributed by atoms with Gasteiger partial charge in [0.05, 0.1) is 12.8 Å². The molecule has 0 spiro atoms. The van der Waals surface area contributed by atoms with Crippen LogP contribution in [0.15, 0.2) is 59.9 Å². The second-order valence-electron chi connectivity index (χ2n) is 7.12. The van der Waals surface area contributed by atoms with Crippen molar-refractivity contribution < 1.29 is 4.74 Å². The van der Waals surface area contributed by atoms with Crippen molar-refractivity contribution in [2.24, 2.45) is 5.92 Å². The van der Waals surface area contributed by atoms with Crippen LogP contribution >= 0.6 is 11.8 Å². The first-order chi connectivity index (χ1) is 13.7. The van der Waals surface area contributed by atoms with Crippen LogP contribution in [-0.2, 0) is 0 Å². The third-order valence-electron chi connectivity index (χ3n) is 4.70. The number of aromatic nitrogens is 4. The van der Waals surface area contributed by atoms with Gasteiger partial charge in [-0.1, -0.05) is 49.9 Å². The summed E-state index contributed by atoms with van der Waals surface area (Å²) in [6, 6.07) is 16.3. The minimum Gasteiger partial charge on any atom is -0.497 e. The molecule has 0 unspecified atom stereocenters. The topological polar surface area (TPSA) is 55.7 Å². The number of para-hydroxylation sites is 1. The summed E-state index contributed by atoms with van der Waals surface area (Å²) in [6.45, 7) is 4.48. The van der Waals surface area contributed by atoms with Crippen LogP contribution in [-0.4, -0.2) is 32.6 Å². The van der Waals surface area contributed by atoms with E-state index in [1.54, 1.807) is 18.9 Å². The van der Waals surface area contributed by atoms with Crippen molar-refractivity contribution in [3.63, 3.8) is 0 Å². The summed E-state index contributed by atoms with van der Waals surface area (Å²) >= 11 is 1.75. The average molecular weight is 393 g/mol. The monoisotopic (exact) mass is 392 g/mol. The Kier molecular flexibility index (Phi) is 5.39. The number of nitrogens with one attached hydrogen (secondary N) is 1. The molecule has 2 heterocycles. The van der Waals surface area contributed by atoms with Gasteiger partial charge in [-0.05, 0) is 30.5 Å². The van der Waals surface area contributed by atoms with E-state index in [-0.39, 0.29) is 0 Å². The molecule has 2 aromatic heterocycles. The number of rotatable bonds is 7. The quantitative estimate of drug-likeness (QED) is 0.418. The maximum atomic E-state index is 5.44. The highest BCUT2D eigenvalue weighted by Crippen LogP contribution is 2.33. The Morgan fingerprint density at radius 1 is 1.11 bits per heavy atom. The van der Waals surface area contributed by atoms with Crippen LogP contribution in [0.1, 0.15) is 20.3 Å². The fraction of sp³-hybridized carbons (Fsp3) is 0.273. The molecular weight excluding hydrogens is 368 g/mol. The van der Waals surface area contributed by atoms with Crippen molar-refractivity contribution in [3.05, 3.63) is 54.7 Å². The number of H-pyrrole nitrogens is 1. The first-order valence-corrected chi connectivity index (χ1v) is 10.4. The summed E-state index contributed by atoms with van der Waals surface area (Å²) < 4.78 is 7.57. The SMILES string of the molecule is COc1cccc(-n2c(SCCC(C)C)nnc2-c2c[nH]c3ccccc23)c1. The number of hydrogen-bond acceptors (Lipinski definition) is 4. The van der Waals surface area contributed by atoms with E-state index in [2.05, 4.69) is 51.8 Å². The van der Waals surface area contributed by atoms with Crippen LogP contribution in [0.3, 0.4) is 0 Å². The van der Waals surface area contributed by atoms with Crippen molar-refractivity contribution in [2.75, 3.05) is 12.9 Å². The molecule has 0 fully saturated rings. The lowest BCUT2D eigenvalue weighted by molar-refractivity contribution is 0.414. The molecule has 4 rings (SSSR count). The Hall–Kier alpha value is -2.73. The van der Waals surface area contributed by atoms with Gasteiger partial charge in [-0.15, -0.1) is 10.2 Å². The molecule has 2 aromatic carbocycles. The number of hydrogen-bond donors (Lipinski definition) is 1. The van der Waals surface area contributed by atoms with Crippen molar-refractivity contribution in [3.8, 4) is 22.8 Å². The number of aromatic amines is 1. The predicted molar refractivity (Wildman–Crippen MR) is 115 cm³/mol. The van der Waals surface area contributed by atoms with Gasteiger partial charge >= 0.3 is 0 Å². The average Bonchev–Trinajstić information content (AvgIpc) is 3.31. The first-order valence-electron chi connectivity index (χ1n) is 9.46. The number of thioether (sulfide) groups is 1. The van der Waals surface area contributed by atoms with Gasteiger partial charge in [0, 0.05) is 34.5 Å². The Labute approximate surface area is 169 Å². The highest BCUT2D eigenvalue weighted by molar-refractivity contribution is 7.99. The Bertz CT molecular complexity index is 1080. The lowest BCUT2D eigenvalue weighted by atomic mass is 10.1. The van der Waals surface area contributed by atoms with Crippen LogP contribution in [0.2, 0.25) is 0 Å². The number of nitrogens with zero attached hydrogens (tertiary/aromatic N) is 3. The molecule has 0 atom stereocenters. The van der Waals surface area contributed by atoms with Gasteiger partial charge in [0.25, 0.3) is 0 Å². The summed E-state index contributed by atoms with van der Waals surface area (Å²) in [5.41, 5.74) is 3.13. The Morgan fingerprint density at radius 2 is 1.96 bits per heavy atom. The molecule has 0 amide bonds. The summed E-state index contributed by atoms with van der Waals surface area (Å²) in [7, 11) is 1.68. The molecule has 5 nitrogen and oxygen atoms in total. The van der Waals surface area contributed by atoms with Crippen molar-refractivity contribution in [1.29, 1.82) is 0 Å². The molecule has 0 saturated heterocycles. The van der Waals surface area contributed by atoms with Gasteiger partial charge in [0.15, 0.2) is 11.0 Å². The van der Waals surface area contributed by atoms with Crippen LogP contribution in [0.5, 0.6) is 5.75 Å². The molecule has 4 aromatic rings. The number of benzene rings is 2. The zero-order chi connectivity index (χ0) is 19.5. The first kappa shape index (κ1) is 18.6. The molecule has 144 valence electrons. The second-order valence-corrected chi connectivity index (χ2v) is 8.18. The van der Waals surface area contributed by atoms with Gasteiger partial charge < -0.3 is 9.72 Å². The van der Waals surface area contributed by atoms with Gasteiger partial charge in [0.2, 0.25) is 0 Å². The lowest BCUT2D eigenvalue weighted by Crippen LogP contribution is -2.01. The lowest BCUT2D eigenvalue weighted by Gasteiger charge is -2.11. The van der Waals surface area contributed by atoms with Gasteiger partial charge in [-0.3, -0.25) is 4.57 Å². The molecule has 0 bridgehead atoms. The fourth-order valence-corrected chi connectivity index (χ4v) is 4.35. The Morgan fingerprint density at radius 3 is 2.79 bits per heavy atom. The van der Waals surface area contributed by atoms with E-state index in [0.717, 1.165) is 51.1 Å². The molecular formula is C22H24N4OS. The highest BCUT2D eigenvalue weighted by atomic mass is 32.2. The molecule has 0 aliphatic carbocycles. The number of methoxy groups -OCH3 is 1. The normalized spacial score (nSPS) is 11.4. The van der Waals surface area contributed by atoms with Gasteiger partial charge in [-0.2, -0.15) is 0 Å². The smallest absolute Gasteiger partial charge is 0.196 e. The zero-order valence-corrected chi connectivity index (χ0v) is 17.2. The minimum atomic E-state index is 0.661. The maximum Gasteiger partial charge on any atom is 0.196 e. The minimum absolute atomic E-state index is 0.661. The summed E-state index contributed by atoms with van der Waals surface area (Å²) in [6.07, 6.45) is 3.14. The molecule has 28 heavy (non-hydrogen) atoms. The van der Waals surface area contributed by atoms with Gasteiger partial charge in [0.1, 0.15) is 5.75 Å². The summed E-state index contributed by atoms with van der Waals surface area (Å²) in [5.74, 6) is 3.31. The van der Waals surface area contributed by atoms with Gasteiger partial charge in [-0.25, -0.2) is 0 Å². The van der Waals surface area contributed by atoms with Crippen LogP contribution in [0, 0.1) is 5.92 Å². The maximum absolute atomic E-state index is 5.44. The van der Waals surface area contributed by atoms with E-state index >= 15 is 0 Å². The number of fused-ring (bicyclic) bond motifs is 1. The van der Waals surface area contributed by atoms with E-state index in [1.807, 2.05) is 36.5 Å². The van der Waals surface area contributed by atoms with E-state index in [1.165, 1.54) is 0 Å². The molecule has 0 radical (unpaired) electrons. The Balaban J connectivity index is 1.83. The zero-order valence-electron chi connectivity index (χ0n) is 16.3. The van der Waals surface area contributed by atoms with E-state index < -0.39 is 0 Å². The molecule has 0 aliphatic heterocycles. The van der Waals surface area contributed by atoms with E-state index in [0.29, 0.717) is 5.92 Å². The summed E-state index contributed by atoms with van der Waals surface area (Å²) in [5, 5.41) is 11.1. The van der Waals surface area contributed by atoms with E-state index in [9.17, 15) is 0 Å². The third-order valence-corrected chi connectivity index (χ3v) is 5.66. The molecule has 6 heteroatoms. The summed E-state index contributed by atoms with van der Waals surface area (Å²) in [4.78, 5) is 3.34. The predicted octanol–water partition coefficient (Wildman–Crippen LogP) is 5.56. The molecule has 0 aliphatic rings. The fourth-order valence-electron chi connectivity index (χ4n) is 3.16. The van der Waals surface area contributed by atoms with Crippen molar-refractivity contribution in [2.45, 2.75) is 25.4 Å². The molecule has 0 saturated carbocycles. The number of ether oxygens (including phenoxy) is 1. The van der Waals surface area contributed by atoms with Crippen LogP contribution in [0.25, 0.3) is 28.0 Å². The third kappa shape index (κ3) is 3.64. The second kappa shape index (κ2) is 8.10. The van der Waals surface area contributed by atoms with Crippen LogP contribution in [0.4, 0.5) is 0 Å². The van der Waals surface area contributed by atoms with Crippen molar-refractivity contribution >= 4 is 22.7 Å². The standard InChI is InChI=1S/C22H24N4OS/c1-15(2)11-12-28-22-25-24-21(19-14-23-20-10-5-4-9-18(19)20)26(22)16-7-6-8-17(13-16)27-3/h4-10,13-15,23H,11-12H2,1-3H3. The largest absolute Gasteiger partial charge is 0.497 e. The molecule has 1 N–H and O–H groups in total.